The molecule has 5 heteroatoms. The van der Waals surface area contributed by atoms with Crippen LogP contribution in [0.2, 0.25) is 0 Å². The zero-order chi connectivity index (χ0) is 8.48. The van der Waals surface area contributed by atoms with E-state index in [-0.39, 0.29) is 6.04 Å². The molecule has 1 fully saturated rings. The molecule has 0 saturated carbocycles. The van der Waals surface area contributed by atoms with Crippen molar-refractivity contribution in [3.63, 3.8) is 0 Å². The Kier molecular flexibility index (Phi) is 2.51. The maximum atomic E-state index is 11.0. The Labute approximate surface area is 67.6 Å². The summed E-state index contributed by atoms with van der Waals surface area (Å²) in [5, 5.41) is 4.09. The van der Waals surface area contributed by atoms with E-state index in [1.54, 1.807) is 7.05 Å². The van der Waals surface area contributed by atoms with Gasteiger partial charge in [0.15, 0.2) is 0 Å². The molecule has 0 aromatic carbocycles. The fourth-order valence-corrected chi connectivity index (χ4v) is 1.85. The first-order valence-electron chi connectivity index (χ1n) is 3.58. The molecule has 0 spiro atoms. The van der Waals surface area contributed by atoms with Gasteiger partial charge in [0.1, 0.15) is 0 Å². The van der Waals surface area contributed by atoms with Gasteiger partial charge in [0.25, 0.3) is 0 Å². The minimum atomic E-state index is -3.01. The summed E-state index contributed by atoms with van der Waals surface area (Å²) < 4.78 is 23.4. The van der Waals surface area contributed by atoms with Gasteiger partial charge in [-0.05, 0) is 6.42 Å². The van der Waals surface area contributed by atoms with E-state index >= 15 is 0 Å². The van der Waals surface area contributed by atoms with Crippen LogP contribution in [-0.2, 0) is 10.0 Å². The van der Waals surface area contributed by atoms with Crippen LogP contribution in [0.5, 0.6) is 0 Å². The molecule has 11 heavy (non-hydrogen) atoms. The van der Waals surface area contributed by atoms with Gasteiger partial charge in [0.2, 0.25) is 10.0 Å². The van der Waals surface area contributed by atoms with Crippen molar-refractivity contribution in [1.82, 2.24) is 9.62 Å². The van der Waals surface area contributed by atoms with E-state index < -0.39 is 10.0 Å². The van der Waals surface area contributed by atoms with Crippen LogP contribution in [0.25, 0.3) is 0 Å². The van der Waals surface area contributed by atoms with Crippen LogP contribution in [0.1, 0.15) is 6.42 Å². The Hall–Kier alpha value is -0.130. The van der Waals surface area contributed by atoms with Gasteiger partial charge in [-0.3, -0.25) is 0 Å². The monoisotopic (exact) mass is 177 g/mol. The highest BCUT2D eigenvalue weighted by Gasteiger charge is 2.25. The van der Waals surface area contributed by atoms with Crippen LogP contribution in [0.4, 0.5) is 0 Å². The Morgan fingerprint density at radius 2 is 2.18 bits per heavy atom. The average molecular weight is 177 g/mol. The van der Waals surface area contributed by atoms with Crippen LogP contribution in [0.3, 0.4) is 0 Å². The summed E-state index contributed by atoms with van der Waals surface area (Å²) in [6.45, 7) is 1.45. The quantitative estimate of drug-likeness (QED) is 0.557. The second-order valence-corrected chi connectivity index (χ2v) is 4.89. The molecule has 65 valence electrons. The fraction of sp³-hybridized carbons (Fsp3) is 1.00. The molecule has 1 rings (SSSR count). The summed E-state index contributed by atoms with van der Waals surface area (Å²) in [6.07, 6.45) is 2.09. The van der Waals surface area contributed by atoms with Crippen molar-refractivity contribution >= 4 is 10.0 Å². The molecule has 0 aliphatic carbocycles. The molecule has 1 aliphatic heterocycles. The van der Waals surface area contributed by atoms with Gasteiger partial charge in [-0.15, -0.1) is 0 Å². The topological polar surface area (TPSA) is 51.5 Å². The van der Waals surface area contributed by atoms with Crippen LogP contribution in [0.15, 0.2) is 0 Å². The van der Waals surface area contributed by atoms with E-state index in [0.717, 1.165) is 13.0 Å². The maximum absolute atomic E-state index is 11.0. The number of hydrogen-bond donors (Lipinski definition) is 0. The predicted molar refractivity (Wildman–Crippen MR) is 42.9 cm³/mol. The smallest absolute Gasteiger partial charge is 0.211 e. The van der Waals surface area contributed by atoms with Crippen molar-refractivity contribution in [2.75, 3.05) is 26.4 Å². The van der Waals surface area contributed by atoms with Gasteiger partial charge >= 0.3 is 0 Å². The third-order valence-electron chi connectivity index (χ3n) is 2.00. The van der Waals surface area contributed by atoms with E-state index in [0.29, 0.717) is 6.54 Å². The second kappa shape index (κ2) is 3.08. The number of sulfonamides is 1. The van der Waals surface area contributed by atoms with Crippen LogP contribution in [-0.4, -0.2) is 45.2 Å². The summed E-state index contributed by atoms with van der Waals surface area (Å²) in [7, 11) is -1.40. The Bertz CT molecular complexity index is 219. The molecule has 1 radical (unpaired) electrons. The Balaban J connectivity index is 2.60. The minimum absolute atomic E-state index is 0.102. The van der Waals surface area contributed by atoms with Gasteiger partial charge in [0, 0.05) is 26.2 Å². The third kappa shape index (κ3) is 2.15. The van der Waals surface area contributed by atoms with Crippen LogP contribution in [0, 0.1) is 0 Å². The lowest BCUT2D eigenvalue weighted by molar-refractivity contribution is 0.390. The summed E-state index contributed by atoms with van der Waals surface area (Å²) in [6, 6.07) is 0.102. The van der Waals surface area contributed by atoms with Crippen molar-refractivity contribution in [1.29, 1.82) is 0 Å². The van der Waals surface area contributed by atoms with Gasteiger partial charge in [-0.1, -0.05) is 0 Å². The molecule has 1 aliphatic rings. The molecule has 0 aromatic heterocycles. The molecule has 4 nitrogen and oxygen atoms in total. The van der Waals surface area contributed by atoms with E-state index in [2.05, 4.69) is 5.32 Å². The highest BCUT2D eigenvalue weighted by Crippen LogP contribution is 2.09. The molecule has 0 amide bonds. The SMILES string of the molecule is CN(C1CC[N]C1)S(C)(=O)=O. The van der Waals surface area contributed by atoms with E-state index in [9.17, 15) is 8.42 Å². The van der Waals surface area contributed by atoms with Gasteiger partial charge in [0.05, 0.1) is 6.26 Å². The van der Waals surface area contributed by atoms with Crippen molar-refractivity contribution in [2.45, 2.75) is 12.5 Å². The second-order valence-electron chi connectivity index (χ2n) is 2.85. The highest BCUT2D eigenvalue weighted by atomic mass is 32.2. The number of likely N-dealkylation sites (N-methyl/N-ethyl adjacent to an activating group) is 1. The lowest BCUT2D eigenvalue weighted by Gasteiger charge is -2.20. The molecule has 0 aromatic rings. The van der Waals surface area contributed by atoms with Crippen molar-refractivity contribution in [3.8, 4) is 0 Å². The van der Waals surface area contributed by atoms with Gasteiger partial charge in [-0.2, -0.15) is 0 Å². The molecular weight excluding hydrogens is 164 g/mol. The summed E-state index contributed by atoms with van der Waals surface area (Å²) >= 11 is 0. The zero-order valence-corrected chi connectivity index (χ0v) is 7.63. The standard InChI is InChI=1S/C6H13N2O2S/c1-8(11(2,9)10)6-3-4-7-5-6/h6H,3-5H2,1-2H3. The molecule has 1 heterocycles. The predicted octanol–water partition coefficient (Wildman–Crippen LogP) is -0.745. The van der Waals surface area contributed by atoms with Crippen LogP contribution >= 0.6 is 0 Å². The maximum Gasteiger partial charge on any atom is 0.211 e. The molecular formula is C6H13N2O2S. The largest absolute Gasteiger partial charge is 0.240 e. The zero-order valence-electron chi connectivity index (χ0n) is 6.82. The Morgan fingerprint density at radius 3 is 2.55 bits per heavy atom. The fourth-order valence-electron chi connectivity index (χ4n) is 1.14. The third-order valence-corrected chi connectivity index (χ3v) is 3.34. The van der Waals surface area contributed by atoms with E-state index in [1.807, 2.05) is 0 Å². The van der Waals surface area contributed by atoms with Gasteiger partial charge < -0.3 is 0 Å². The van der Waals surface area contributed by atoms with Crippen molar-refractivity contribution < 1.29 is 8.42 Å². The summed E-state index contributed by atoms with van der Waals surface area (Å²) in [5.74, 6) is 0. The summed E-state index contributed by atoms with van der Waals surface area (Å²) in [4.78, 5) is 0. The van der Waals surface area contributed by atoms with Crippen molar-refractivity contribution in [3.05, 3.63) is 0 Å². The molecule has 1 atom stereocenters. The molecule has 0 bridgehead atoms. The first-order chi connectivity index (χ1) is 5.02. The normalized spacial score (nSPS) is 26.3. The summed E-state index contributed by atoms with van der Waals surface area (Å²) in [5.41, 5.74) is 0. The van der Waals surface area contributed by atoms with E-state index in [1.165, 1.54) is 10.6 Å². The number of hydrogen-bond acceptors (Lipinski definition) is 2. The van der Waals surface area contributed by atoms with E-state index in [4.69, 9.17) is 0 Å². The minimum Gasteiger partial charge on any atom is -0.240 e. The first-order valence-corrected chi connectivity index (χ1v) is 5.43. The van der Waals surface area contributed by atoms with Crippen molar-refractivity contribution in [2.24, 2.45) is 0 Å². The lowest BCUT2D eigenvalue weighted by atomic mass is 10.3. The number of rotatable bonds is 2. The Morgan fingerprint density at radius 1 is 1.55 bits per heavy atom. The average Bonchev–Trinajstić information content (AvgIpc) is 2.34. The van der Waals surface area contributed by atoms with Gasteiger partial charge in [-0.25, -0.2) is 18.0 Å². The highest BCUT2D eigenvalue weighted by molar-refractivity contribution is 7.88. The molecule has 1 unspecified atom stereocenters. The molecule has 0 N–H and O–H groups in total. The van der Waals surface area contributed by atoms with Crippen LogP contribution < -0.4 is 5.32 Å². The lowest BCUT2D eigenvalue weighted by Crippen LogP contribution is -2.36. The first kappa shape index (κ1) is 8.96. The number of nitrogens with zero attached hydrogens (tertiary/aromatic N) is 2. The molecule has 1 saturated heterocycles.